The van der Waals surface area contributed by atoms with Gasteiger partial charge in [-0.25, -0.2) is 4.98 Å². The molecule has 0 aliphatic rings. The van der Waals surface area contributed by atoms with Crippen molar-refractivity contribution in [3.05, 3.63) is 60.8 Å². The highest BCUT2D eigenvalue weighted by Gasteiger charge is 2.14. The molecule has 3 rings (SSSR count). The van der Waals surface area contributed by atoms with Crippen LogP contribution in [0.1, 0.15) is 6.42 Å². The van der Waals surface area contributed by atoms with Crippen molar-refractivity contribution in [2.24, 2.45) is 0 Å². The lowest BCUT2D eigenvalue weighted by Gasteiger charge is -2.06. The first-order valence-corrected chi connectivity index (χ1v) is 6.95. The van der Waals surface area contributed by atoms with Crippen molar-refractivity contribution < 1.29 is 14.8 Å². The Hall–Kier alpha value is -2.30. The number of aliphatic hydroxyl groups excluding tert-OH is 1. The van der Waals surface area contributed by atoms with E-state index in [1.165, 1.54) is 0 Å². The third kappa shape index (κ3) is 3.07. The zero-order valence-electron chi connectivity index (χ0n) is 11.6. The lowest BCUT2D eigenvalue weighted by Crippen LogP contribution is -2.36. The van der Waals surface area contributed by atoms with Crippen LogP contribution in [0, 0.1) is 0 Å². The number of aryl methyl sites for hydroxylation is 1. The standard InChI is InChI=1S/C17H17N2O2/c20-17(21)10-11-19-12-15(13-6-2-1-3-7-13)18-14-8-4-5-9-16(14)19/h1-9,12,17,20-21H,10-11H2/q+1. The number of hydrogen-bond donors (Lipinski definition) is 2. The van der Waals surface area contributed by atoms with Gasteiger partial charge in [-0.3, -0.25) is 0 Å². The van der Waals surface area contributed by atoms with Gasteiger partial charge >= 0.3 is 0 Å². The summed E-state index contributed by atoms with van der Waals surface area (Å²) in [4.78, 5) is 4.69. The molecule has 0 radical (unpaired) electrons. The Morgan fingerprint density at radius 2 is 1.67 bits per heavy atom. The number of fused-ring (bicyclic) bond motifs is 1. The Bertz CT molecular complexity index is 742. The van der Waals surface area contributed by atoms with Gasteiger partial charge in [0.2, 0.25) is 5.52 Å². The van der Waals surface area contributed by atoms with Crippen LogP contribution in [0.5, 0.6) is 0 Å². The molecule has 0 amide bonds. The predicted octanol–water partition coefficient (Wildman–Crippen LogP) is 1.89. The quantitative estimate of drug-likeness (QED) is 0.567. The molecule has 0 fully saturated rings. The van der Waals surface area contributed by atoms with E-state index in [1.807, 2.05) is 65.4 Å². The lowest BCUT2D eigenvalue weighted by atomic mass is 10.1. The monoisotopic (exact) mass is 281 g/mol. The fraction of sp³-hybridized carbons (Fsp3) is 0.176. The molecule has 106 valence electrons. The van der Waals surface area contributed by atoms with Crippen molar-refractivity contribution >= 4 is 11.0 Å². The number of hydrogen-bond acceptors (Lipinski definition) is 3. The summed E-state index contributed by atoms with van der Waals surface area (Å²) in [7, 11) is 0. The zero-order chi connectivity index (χ0) is 14.7. The summed E-state index contributed by atoms with van der Waals surface area (Å²) in [6.45, 7) is 0.528. The average Bonchev–Trinajstić information content (AvgIpc) is 2.53. The summed E-state index contributed by atoms with van der Waals surface area (Å²) >= 11 is 0. The molecule has 1 aromatic heterocycles. The Morgan fingerprint density at radius 1 is 0.952 bits per heavy atom. The third-order valence-electron chi connectivity index (χ3n) is 3.41. The van der Waals surface area contributed by atoms with Crippen LogP contribution in [0.2, 0.25) is 0 Å². The molecule has 0 spiro atoms. The van der Waals surface area contributed by atoms with E-state index in [9.17, 15) is 0 Å². The first kappa shape index (κ1) is 13.7. The maximum absolute atomic E-state index is 9.10. The van der Waals surface area contributed by atoms with Crippen LogP contribution >= 0.6 is 0 Å². The van der Waals surface area contributed by atoms with Crippen LogP contribution in [-0.2, 0) is 6.54 Å². The van der Waals surface area contributed by atoms with Gasteiger partial charge in [0, 0.05) is 11.6 Å². The number of benzene rings is 2. The van der Waals surface area contributed by atoms with Crippen LogP contribution in [-0.4, -0.2) is 21.5 Å². The van der Waals surface area contributed by atoms with Gasteiger partial charge in [-0.05, 0) is 6.07 Å². The molecule has 0 saturated heterocycles. The molecule has 0 atom stereocenters. The second-order valence-corrected chi connectivity index (χ2v) is 4.94. The molecule has 4 nitrogen and oxygen atoms in total. The van der Waals surface area contributed by atoms with E-state index in [4.69, 9.17) is 10.2 Å². The number of para-hydroxylation sites is 2. The van der Waals surface area contributed by atoms with Crippen molar-refractivity contribution in [2.45, 2.75) is 19.3 Å². The van der Waals surface area contributed by atoms with E-state index in [1.54, 1.807) is 0 Å². The normalized spacial score (nSPS) is 11.2. The van der Waals surface area contributed by atoms with E-state index in [0.717, 1.165) is 22.3 Å². The number of aliphatic hydroxyl groups is 2. The van der Waals surface area contributed by atoms with Gasteiger partial charge in [0.1, 0.15) is 11.2 Å². The highest BCUT2D eigenvalue weighted by Crippen LogP contribution is 2.17. The topological polar surface area (TPSA) is 57.2 Å². The smallest absolute Gasteiger partial charge is 0.231 e. The van der Waals surface area contributed by atoms with Gasteiger partial charge in [0.25, 0.3) is 0 Å². The van der Waals surface area contributed by atoms with Crippen molar-refractivity contribution in [2.75, 3.05) is 0 Å². The summed E-state index contributed by atoms with van der Waals surface area (Å²) in [5.41, 5.74) is 3.80. The van der Waals surface area contributed by atoms with E-state index >= 15 is 0 Å². The van der Waals surface area contributed by atoms with Gasteiger partial charge in [0.05, 0.1) is 6.42 Å². The predicted molar refractivity (Wildman–Crippen MR) is 80.2 cm³/mol. The first-order chi connectivity index (χ1) is 10.2. The van der Waals surface area contributed by atoms with E-state index in [0.29, 0.717) is 6.54 Å². The summed E-state index contributed by atoms with van der Waals surface area (Å²) < 4.78 is 2.02. The highest BCUT2D eigenvalue weighted by atomic mass is 16.5. The fourth-order valence-corrected chi connectivity index (χ4v) is 2.36. The zero-order valence-corrected chi connectivity index (χ0v) is 11.6. The van der Waals surface area contributed by atoms with Gasteiger partial charge in [-0.15, -0.1) is 0 Å². The van der Waals surface area contributed by atoms with Crippen LogP contribution in [0.3, 0.4) is 0 Å². The SMILES string of the molecule is OC(O)CC[n+]1cc(-c2ccccc2)nc2ccccc21. The molecule has 0 unspecified atom stereocenters. The average molecular weight is 281 g/mol. The van der Waals surface area contributed by atoms with Crippen molar-refractivity contribution in [3.8, 4) is 11.3 Å². The van der Waals surface area contributed by atoms with Gasteiger partial charge < -0.3 is 10.2 Å². The van der Waals surface area contributed by atoms with Crippen LogP contribution < -0.4 is 4.57 Å². The van der Waals surface area contributed by atoms with Crippen LogP contribution in [0.25, 0.3) is 22.3 Å². The van der Waals surface area contributed by atoms with E-state index < -0.39 is 6.29 Å². The van der Waals surface area contributed by atoms with Crippen LogP contribution in [0.15, 0.2) is 60.8 Å². The molecule has 2 N–H and O–H groups in total. The molecule has 21 heavy (non-hydrogen) atoms. The molecule has 0 aliphatic carbocycles. The summed E-state index contributed by atoms with van der Waals surface area (Å²) in [6.07, 6.45) is 0.942. The van der Waals surface area contributed by atoms with E-state index in [-0.39, 0.29) is 6.42 Å². The largest absolute Gasteiger partial charge is 0.368 e. The maximum Gasteiger partial charge on any atom is 0.231 e. The number of rotatable bonds is 4. The Kier molecular flexibility index (Phi) is 3.90. The fourth-order valence-electron chi connectivity index (χ4n) is 2.36. The van der Waals surface area contributed by atoms with Crippen molar-refractivity contribution in [3.63, 3.8) is 0 Å². The number of nitrogens with zero attached hydrogens (tertiary/aromatic N) is 2. The molecule has 1 heterocycles. The van der Waals surface area contributed by atoms with Crippen molar-refractivity contribution in [1.29, 1.82) is 0 Å². The maximum atomic E-state index is 9.10. The molecule has 0 bridgehead atoms. The second-order valence-electron chi connectivity index (χ2n) is 4.94. The Labute approximate surface area is 123 Å². The Morgan fingerprint density at radius 3 is 2.43 bits per heavy atom. The minimum Gasteiger partial charge on any atom is -0.368 e. The summed E-state index contributed by atoms with van der Waals surface area (Å²) in [5.74, 6) is 0. The highest BCUT2D eigenvalue weighted by molar-refractivity contribution is 5.73. The molecular formula is C17H17N2O2+. The number of aromatic nitrogens is 2. The third-order valence-corrected chi connectivity index (χ3v) is 3.41. The molecule has 4 heteroatoms. The minimum atomic E-state index is -1.30. The van der Waals surface area contributed by atoms with E-state index in [2.05, 4.69) is 4.98 Å². The molecule has 2 aromatic carbocycles. The molecule has 0 aliphatic heterocycles. The molecular weight excluding hydrogens is 264 g/mol. The lowest BCUT2D eigenvalue weighted by molar-refractivity contribution is -0.673. The van der Waals surface area contributed by atoms with Gasteiger partial charge in [-0.2, -0.15) is 4.57 Å². The minimum absolute atomic E-state index is 0.285. The summed E-state index contributed by atoms with van der Waals surface area (Å²) in [5, 5.41) is 18.2. The summed E-state index contributed by atoms with van der Waals surface area (Å²) in [6, 6.07) is 17.8. The van der Waals surface area contributed by atoms with Crippen LogP contribution in [0.4, 0.5) is 0 Å². The second kappa shape index (κ2) is 5.99. The Balaban J connectivity index is 2.10. The molecule has 3 aromatic rings. The first-order valence-electron chi connectivity index (χ1n) is 6.95. The van der Waals surface area contributed by atoms with Gasteiger partial charge in [-0.1, -0.05) is 42.5 Å². The van der Waals surface area contributed by atoms with Gasteiger partial charge in [0.15, 0.2) is 19.0 Å². The molecule has 0 saturated carbocycles. The van der Waals surface area contributed by atoms with Crippen molar-refractivity contribution in [1.82, 2.24) is 4.98 Å².